The number of ether oxygens (including phenoxy) is 2. The van der Waals surface area contributed by atoms with Crippen LogP contribution in [0.1, 0.15) is 15.9 Å². The van der Waals surface area contributed by atoms with Crippen molar-refractivity contribution in [2.75, 3.05) is 23.9 Å². The molecular formula is C23H23NO5S. The molecule has 0 saturated carbocycles. The Bertz CT molecular complexity index is 1100. The monoisotopic (exact) mass is 425 g/mol. The summed E-state index contributed by atoms with van der Waals surface area (Å²) in [4.78, 5) is 12.8. The molecule has 0 unspecified atom stereocenters. The predicted molar refractivity (Wildman–Crippen MR) is 117 cm³/mol. The molecule has 1 amide bonds. The summed E-state index contributed by atoms with van der Waals surface area (Å²) in [5.41, 5.74) is 1.83. The van der Waals surface area contributed by atoms with Gasteiger partial charge in [-0.05, 0) is 30.3 Å². The second kappa shape index (κ2) is 9.93. The van der Waals surface area contributed by atoms with E-state index < -0.39 is 9.84 Å². The van der Waals surface area contributed by atoms with Crippen LogP contribution in [-0.4, -0.2) is 32.9 Å². The molecule has 0 aromatic heterocycles. The molecule has 156 valence electrons. The molecule has 30 heavy (non-hydrogen) atoms. The fourth-order valence-electron chi connectivity index (χ4n) is 2.72. The van der Waals surface area contributed by atoms with E-state index in [2.05, 4.69) is 5.32 Å². The summed E-state index contributed by atoms with van der Waals surface area (Å²) in [5, 5.41) is 2.85. The third kappa shape index (κ3) is 6.63. The van der Waals surface area contributed by atoms with Crippen molar-refractivity contribution in [3.63, 3.8) is 0 Å². The standard InChI is InChI=1S/C23H23NO5S/c1-30(26,27)15-14-28-21-12-7-9-19(16-21)24-23(25)22-13-6-5-8-18(22)17-29-20-10-3-2-4-11-20/h2-13,16H,14-15,17H2,1H3,(H,24,25). The number of benzene rings is 3. The molecule has 3 aromatic carbocycles. The maximum absolute atomic E-state index is 12.8. The van der Waals surface area contributed by atoms with E-state index >= 15 is 0 Å². The lowest BCUT2D eigenvalue weighted by Crippen LogP contribution is -2.15. The van der Waals surface area contributed by atoms with Crippen LogP contribution in [0.15, 0.2) is 78.9 Å². The molecule has 3 rings (SSSR count). The van der Waals surface area contributed by atoms with Gasteiger partial charge < -0.3 is 14.8 Å². The first-order valence-electron chi connectivity index (χ1n) is 9.38. The Balaban J connectivity index is 1.65. The van der Waals surface area contributed by atoms with Crippen molar-refractivity contribution in [2.24, 2.45) is 0 Å². The number of para-hydroxylation sites is 1. The predicted octanol–water partition coefficient (Wildman–Crippen LogP) is 3.94. The SMILES string of the molecule is CS(=O)(=O)CCOc1cccc(NC(=O)c2ccccc2COc2ccccc2)c1. The van der Waals surface area contributed by atoms with Crippen molar-refractivity contribution in [2.45, 2.75) is 6.61 Å². The van der Waals surface area contributed by atoms with E-state index in [9.17, 15) is 13.2 Å². The van der Waals surface area contributed by atoms with Crippen LogP contribution >= 0.6 is 0 Å². The van der Waals surface area contributed by atoms with E-state index in [-0.39, 0.29) is 24.9 Å². The Morgan fingerprint density at radius 3 is 2.33 bits per heavy atom. The van der Waals surface area contributed by atoms with Gasteiger partial charge >= 0.3 is 0 Å². The van der Waals surface area contributed by atoms with Crippen LogP contribution in [0.25, 0.3) is 0 Å². The number of amides is 1. The van der Waals surface area contributed by atoms with E-state index in [1.807, 2.05) is 42.5 Å². The Labute approximate surface area is 176 Å². The number of hydrogen-bond donors (Lipinski definition) is 1. The van der Waals surface area contributed by atoms with Gasteiger partial charge in [0, 0.05) is 29.1 Å². The first-order chi connectivity index (χ1) is 14.4. The zero-order valence-electron chi connectivity index (χ0n) is 16.6. The van der Waals surface area contributed by atoms with Crippen molar-refractivity contribution in [3.05, 3.63) is 90.0 Å². The average Bonchev–Trinajstić information content (AvgIpc) is 2.72. The van der Waals surface area contributed by atoms with E-state index in [0.29, 0.717) is 17.0 Å². The summed E-state index contributed by atoms with van der Waals surface area (Å²) >= 11 is 0. The number of carbonyl (C=O) groups is 1. The van der Waals surface area contributed by atoms with Gasteiger partial charge in [-0.2, -0.15) is 0 Å². The Hall–Kier alpha value is -3.32. The molecule has 0 fully saturated rings. The summed E-state index contributed by atoms with van der Waals surface area (Å²) < 4.78 is 33.7. The van der Waals surface area contributed by atoms with Gasteiger partial charge in [0.2, 0.25) is 0 Å². The lowest BCUT2D eigenvalue weighted by Gasteiger charge is -2.12. The van der Waals surface area contributed by atoms with Crippen LogP contribution in [0.4, 0.5) is 5.69 Å². The van der Waals surface area contributed by atoms with Crippen molar-refractivity contribution >= 4 is 21.4 Å². The highest BCUT2D eigenvalue weighted by molar-refractivity contribution is 7.90. The van der Waals surface area contributed by atoms with Gasteiger partial charge in [-0.15, -0.1) is 0 Å². The van der Waals surface area contributed by atoms with Gasteiger partial charge in [-0.25, -0.2) is 8.42 Å². The molecule has 0 radical (unpaired) electrons. The summed E-state index contributed by atoms with van der Waals surface area (Å²) in [6.07, 6.45) is 1.16. The van der Waals surface area contributed by atoms with Crippen molar-refractivity contribution in [3.8, 4) is 11.5 Å². The maximum Gasteiger partial charge on any atom is 0.256 e. The highest BCUT2D eigenvalue weighted by Crippen LogP contribution is 2.20. The number of anilines is 1. The zero-order chi connectivity index (χ0) is 21.4. The third-order valence-electron chi connectivity index (χ3n) is 4.21. The molecule has 7 heteroatoms. The average molecular weight is 426 g/mol. The Morgan fingerprint density at radius 1 is 0.867 bits per heavy atom. The summed E-state index contributed by atoms with van der Waals surface area (Å²) in [7, 11) is -3.10. The molecular weight excluding hydrogens is 402 g/mol. The Morgan fingerprint density at radius 2 is 1.57 bits per heavy atom. The lowest BCUT2D eigenvalue weighted by atomic mass is 10.1. The Kier molecular flexibility index (Phi) is 7.08. The van der Waals surface area contributed by atoms with Gasteiger partial charge in [0.25, 0.3) is 5.91 Å². The topological polar surface area (TPSA) is 81.7 Å². The van der Waals surface area contributed by atoms with Crippen molar-refractivity contribution < 1.29 is 22.7 Å². The molecule has 0 heterocycles. The molecule has 0 saturated heterocycles. The van der Waals surface area contributed by atoms with Crippen LogP contribution in [0, 0.1) is 0 Å². The van der Waals surface area contributed by atoms with Crippen LogP contribution in [-0.2, 0) is 16.4 Å². The molecule has 0 aliphatic rings. The van der Waals surface area contributed by atoms with E-state index in [1.165, 1.54) is 0 Å². The van der Waals surface area contributed by atoms with Crippen molar-refractivity contribution in [1.29, 1.82) is 0 Å². The molecule has 0 atom stereocenters. The number of carbonyl (C=O) groups excluding carboxylic acids is 1. The van der Waals surface area contributed by atoms with E-state index in [4.69, 9.17) is 9.47 Å². The quantitative estimate of drug-likeness (QED) is 0.562. The maximum atomic E-state index is 12.8. The summed E-state index contributed by atoms with van der Waals surface area (Å²) in [6.45, 7) is 0.318. The fraction of sp³-hybridized carbons (Fsp3) is 0.174. The van der Waals surface area contributed by atoms with E-state index in [0.717, 1.165) is 17.6 Å². The van der Waals surface area contributed by atoms with Crippen LogP contribution in [0.3, 0.4) is 0 Å². The van der Waals surface area contributed by atoms with Gasteiger partial charge in [-0.3, -0.25) is 4.79 Å². The molecule has 0 aliphatic carbocycles. The van der Waals surface area contributed by atoms with Crippen LogP contribution in [0.5, 0.6) is 11.5 Å². The smallest absolute Gasteiger partial charge is 0.256 e. The second-order valence-electron chi connectivity index (χ2n) is 6.72. The lowest BCUT2D eigenvalue weighted by molar-refractivity contribution is 0.102. The first-order valence-corrected chi connectivity index (χ1v) is 11.4. The van der Waals surface area contributed by atoms with Gasteiger partial charge in [-0.1, -0.05) is 42.5 Å². The normalized spacial score (nSPS) is 11.0. The zero-order valence-corrected chi connectivity index (χ0v) is 17.4. The molecule has 0 spiro atoms. The largest absolute Gasteiger partial charge is 0.492 e. The minimum Gasteiger partial charge on any atom is -0.492 e. The minimum absolute atomic E-state index is 0.0515. The van der Waals surface area contributed by atoms with E-state index in [1.54, 1.807) is 36.4 Å². The third-order valence-corrected chi connectivity index (χ3v) is 5.12. The number of sulfone groups is 1. The highest BCUT2D eigenvalue weighted by atomic mass is 32.2. The first kappa shape index (κ1) is 21.4. The minimum atomic E-state index is -3.10. The van der Waals surface area contributed by atoms with Gasteiger partial charge in [0.15, 0.2) is 9.84 Å². The summed E-state index contributed by atoms with van der Waals surface area (Å²) in [5.74, 6) is 0.873. The van der Waals surface area contributed by atoms with Crippen LogP contribution in [0.2, 0.25) is 0 Å². The number of nitrogens with one attached hydrogen (secondary N) is 1. The highest BCUT2D eigenvalue weighted by Gasteiger charge is 2.12. The van der Waals surface area contributed by atoms with Gasteiger partial charge in [0.05, 0.1) is 5.75 Å². The fourth-order valence-corrected chi connectivity index (χ4v) is 3.10. The van der Waals surface area contributed by atoms with Gasteiger partial charge in [0.1, 0.15) is 24.7 Å². The van der Waals surface area contributed by atoms with Crippen LogP contribution < -0.4 is 14.8 Å². The molecule has 1 N–H and O–H groups in total. The second-order valence-corrected chi connectivity index (χ2v) is 8.98. The number of hydrogen-bond acceptors (Lipinski definition) is 5. The number of rotatable bonds is 9. The van der Waals surface area contributed by atoms with Crippen molar-refractivity contribution in [1.82, 2.24) is 0 Å². The summed E-state index contributed by atoms with van der Waals surface area (Å²) in [6, 6.07) is 23.5. The molecule has 6 nitrogen and oxygen atoms in total. The molecule has 0 aliphatic heterocycles. The molecule has 0 bridgehead atoms. The molecule has 3 aromatic rings.